The molecule has 0 saturated carbocycles. The molecule has 2 unspecified atom stereocenters. The van der Waals surface area contributed by atoms with Crippen LogP contribution < -0.4 is 32.3 Å². The second-order valence-corrected chi connectivity index (χ2v) is 14.3. The Balaban J connectivity index is 1.41. The minimum atomic E-state index is -1.36. The Morgan fingerprint density at radius 2 is 1.53 bits per heavy atom. The van der Waals surface area contributed by atoms with Crippen molar-refractivity contribution in [2.75, 3.05) is 84.6 Å². The number of benzene rings is 1. The molecule has 20 nitrogen and oxygen atoms in total. The third-order valence-electron chi connectivity index (χ3n) is 9.42. The zero-order chi connectivity index (χ0) is 42.6. The van der Waals surface area contributed by atoms with Gasteiger partial charge >= 0.3 is 6.03 Å². The summed E-state index contributed by atoms with van der Waals surface area (Å²) in [7, 11) is 1.97. The zero-order valence-corrected chi connectivity index (χ0v) is 33.4. The van der Waals surface area contributed by atoms with Crippen LogP contribution in [0.5, 0.6) is 0 Å². The molecule has 0 radical (unpaired) electrons. The largest absolute Gasteiger partial charge is 0.379 e. The van der Waals surface area contributed by atoms with Crippen LogP contribution in [0, 0.1) is 5.92 Å². The van der Waals surface area contributed by atoms with Crippen LogP contribution >= 0.6 is 0 Å². The van der Waals surface area contributed by atoms with Gasteiger partial charge in [-0.3, -0.25) is 28.8 Å². The monoisotopic (exact) mass is 817 g/mol. The lowest BCUT2D eigenvalue weighted by molar-refractivity contribution is -0.142. The number of carbonyl (C=O) groups is 7. The number of primary amides is 1. The van der Waals surface area contributed by atoms with Crippen LogP contribution in [0.4, 0.5) is 10.5 Å². The molecule has 1 aromatic rings. The van der Waals surface area contributed by atoms with Gasteiger partial charge in [0, 0.05) is 70.4 Å². The van der Waals surface area contributed by atoms with E-state index in [1.54, 1.807) is 30.9 Å². The van der Waals surface area contributed by atoms with Gasteiger partial charge in [-0.25, -0.2) is 4.79 Å². The van der Waals surface area contributed by atoms with Gasteiger partial charge in [0.15, 0.2) is 6.10 Å². The molecule has 0 bridgehead atoms. The highest BCUT2D eigenvalue weighted by Crippen LogP contribution is 2.20. The van der Waals surface area contributed by atoms with Crippen molar-refractivity contribution in [1.29, 1.82) is 0 Å². The molecule has 8 amide bonds. The van der Waals surface area contributed by atoms with E-state index >= 15 is 0 Å². The summed E-state index contributed by atoms with van der Waals surface area (Å²) in [6.45, 7) is 7.06. The van der Waals surface area contributed by atoms with Crippen LogP contribution in [0.15, 0.2) is 36.4 Å². The van der Waals surface area contributed by atoms with Gasteiger partial charge in [-0.15, -0.1) is 0 Å². The Labute approximate surface area is 338 Å². The van der Waals surface area contributed by atoms with E-state index in [1.807, 2.05) is 7.05 Å². The van der Waals surface area contributed by atoms with Crippen LogP contribution in [0.25, 0.3) is 0 Å². The average molecular weight is 818 g/mol. The molecule has 0 spiro atoms. The van der Waals surface area contributed by atoms with Crippen molar-refractivity contribution in [3.63, 3.8) is 0 Å². The van der Waals surface area contributed by atoms with E-state index in [0.717, 1.165) is 0 Å². The summed E-state index contributed by atoms with van der Waals surface area (Å²) in [5.41, 5.74) is 5.88. The maximum Gasteiger partial charge on any atom is 0.312 e. The first kappa shape index (κ1) is 47.2. The Morgan fingerprint density at radius 3 is 2.16 bits per heavy atom. The second kappa shape index (κ2) is 24.6. The zero-order valence-electron chi connectivity index (χ0n) is 33.4. The van der Waals surface area contributed by atoms with Gasteiger partial charge in [0.05, 0.1) is 26.4 Å². The van der Waals surface area contributed by atoms with E-state index < -0.39 is 54.1 Å². The van der Waals surface area contributed by atoms with Gasteiger partial charge in [0.2, 0.25) is 29.5 Å². The van der Waals surface area contributed by atoms with Crippen LogP contribution in [-0.4, -0.2) is 164 Å². The first-order valence-electron chi connectivity index (χ1n) is 19.4. The molecule has 1 fully saturated rings. The van der Waals surface area contributed by atoms with Crippen molar-refractivity contribution in [1.82, 2.24) is 36.0 Å². The highest BCUT2D eigenvalue weighted by atomic mass is 16.5. The van der Waals surface area contributed by atoms with E-state index in [-0.39, 0.29) is 83.1 Å². The first-order valence-corrected chi connectivity index (χ1v) is 19.4. The number of urea groups is 1. The maximum atomic E-state index is 13.5. The van der Waals surface area contributed by atoms with Crippen molar-refractivity contribution < 1.29 is 53.2 Å². The molecule has 0 aliphatic carbocycles. The number of likely N-dealkylation sites (N-methyl/N-ethyl adjacent to an activating group) is 1. The molecule has 3 rings (SSSR count). The molecule has 4 atom stereocenters. The molecule has 322 valence electrons. The van der Waals surface area contributed by atoms with Crippen LogP contribution in [0.1, 0.15) is 51.2 Å². The van der Waals surface area contributed by atoms with Gasteiger partial charge in [0.1, 0.15) is 18.3 Å². The number of rotatable bonds is 24. The van der Waals surface area contributed by atoms with E-state index in [9.17, 15) is 43.8 Å². The number of amides is 8. The predicted molar refractivity (Wildman–Crippen MR) is 210 cm³/mol. The smallest absolute Gasteiger partial charge is 0.312 e. The summed E-state index contributed by atoms with van der Waals surface area (Å²) in [5.74, 6) is -2.99. The fraction of sp³-hybridized carbons (Fsp3) is 0.605. The summed E-state index contributed by atoms with van der Waals surface area (Å²) in [6, 6.07) is 3.39. The summed E-state index contributed by atoms with van der Waals surface area (Å²) >= 11 is 0. The topological polar surface area (TPSA) is 274 Å². The van der Waals surface area contributed by atoms with Crippen molar-refractivity contribution >= 4 is 47.2 Å². The average Bonchev–Trinajstić information content (AvgIpc) is 3.51. The Kier molecular flexibility index (Phi) is 20.0. The molecule has 20 heteroatoms. The number of nitrogens with one attached hydrogen (secondary N) is 5. The summed E-state index contributed by atoms with van der Waals surface area (Å²) < 4.78 is 10.9. The molecule has 2 aliphatic heterocycles. The third kappa shape index (κ3) is 16.4. The molecule has 58 heavy (non-hydrogen) atoms. The molecular weight excluding hydrogens is 758 g/mol. The van der Waals surface area contributed by atoms with E-state index in [0.29, 0.717) is 43.9 Å². The SMILES string of the molecule is CC(C)[C@H](NC(=O)CCOCCOCCNC(=O)CCN1C(=O)C=CC1O)C(=O)N[C@@H](CCCNC(N)=O)C(=O)Nc1ccc(C(O)C(=O)N2CCN(C)CC2)cc1. The molecule has 2 aliphatic rings. The second-order valence-electron chi connectivity index (χ2n) is 14.3. The molecule has 1 saturated heterocycles. The number of piperazine rings is 1. The Morgan fingerprint density at radius 1 is 0.862 bits per heavy atom. The highest BCUT2D eigenvalue weighted by Gasteiger charge is 2.30. The van der Waals surface area contributed by atoms with Gasteiger partial charge < -0.3 is 66.7 Å². The number of ether oxygens (including phenoxy) is 2. The lowest BCUT2D eigenvalue weighted by Crippen LogP contribution is -2.54. The number of hydrogen-bond acceptors (Lipinski definition) is 12. The number of carbonyl (C=O) groups excluding carboxylic acids is 7. The Bertz CT molecular complexity index is 1570. The molecule has 1 aromatic carbocycles. The lowest BCUT2D eigenvalue weighted by Gasteiger charge is -2.33. The fourth-order valence-electron chi connectivity index (χ4n) is 5.95. The summed E-state index contributed by atoms with van der Waals surface area (Å²) in [6.07, 6.45) is 0.624. The highest BCUT2D eigenvalue weighted by molar-refractivity contribution is 5.98. The fourth-order valence-corrected chi connectivity index (χ4v) is 5.95. The normalized spacial score (nSPS) is 17.1. The van der Waals surface area contributed by atoms with Crippen molar-refractivity contribution in [3.05, 3.63) is 42.0 Å². The Hall–Kier alpha value is -5.15. The summed E-state index contributed by atoms with van der Waals surface area (Å²) in [4.78, 5) is 92.2. The van der Waals surface area contributed by atoms with Crippen LogP contribution in [0.3, 0.4) is 0 Å². The predicted octanol–water partition coefficient (Wildman–Crippen LogP) is -1.85. The van der Waals surface area contributed by atoms with Crippen molar-refractivity contribution in [2.45, 2.75) is 63.9 Å². The van der Waals surface area contributed by atoms with Crippen LogP contribution in [-0.2, 0) is 38.2 Å². The van der Waals surface area contributed by atoms with Gasteiger partial charge in [-0.2, -0.15) is 0 Å². The quantitative estimate of drug-likeness (QED) is 0.0535. The number of nitrogens with two attached hydrogens (primary N) is 1. The standard InChI is InChI=1S/C38H59N9O11/c1-25(2)33(44-30(49)13-21-57-23-24-58-22-15-40-29(48)12-16-47-31(50)10-11-32(47)51)36(54)43-28(5-4-14-41-38(39)56)35(53)42-27-8-6-26(7-9-27)34(52)37(55)46-19-17-45(3)18-20-46/h6-11,25,28,31,33-34,50,52H,4-5,12-24H2,1-3H3,(H,40,48)(H,42,53)(H,43,54)(H,44,49)(H3,39,41,56)/t28-,31?,33-,34?/m0/s1. The van der Waals surface area contributed by atoms with E-state index in [4.69, 9.17) is 15.2 Å². The van der Waals surface area contributed by atoms with Crippen LogP contribution in [0.2, 0.25) is 0 Å². The van der Waals surface area contributed by atoms with Crippen molar-refractivity contribution in [2.24, 2.45) is 11.7 Å². The van der Waals surface area contributed by atoms with Crippen molar-refractivity contribution in [3.8, 4) is 0 Å². The number of nitrogens with zero attached hydrogens (tertiary/aromatic N) is 3. The van der Waals surface area contributed by atoms with E-state index in [2.05, 4.69) is 31.5 Å². The minimum Gasteiger partial charge on any atom is -0.379 e. The van der Waals surface area contributed by atoms with E-state index in [1.165, 1.54) is 29.2 Å². The molecule has 9 N–H and O–H groups in total. The molecular formula is C38H59N9O11. The maximum absolute atomic E-state index is 13.5. The molecule has 2 heterocycles. The molecule has 0 aromatic heterocycles. The summed E-state index contributed by atoms with van der Waals surface area (Å²) in [5, 5.41) is 33.7. The third-order valence-corrected chi connectivity index (χ3v) is 9.42. The number of aliphatic hydroxyl groups is 2. The number of hydrogen-bond donors (Lipinski definition) is 8. The number of aliphatic hydroxyl groups excluding tert-OH is 2. The van der Waals surface area contributed by atoms with Gasteiger partial charge in [-0.1, -0.05) is 26.0 Å². The van der Waals surface area contributed by atoms with Gasteiger partial charge in [0.25, 0.3) is 5.91 Å². The number of anilines is 1. The van der Waals surface area contributed by atoms with Gasteiger partial charge in [-0.05, 0) is 49.6 Å². The minimum absolute atomic E-state index is 0.0343. The first-order chi connectivity index (χ1) is 27.7. The lowest BCUT2D eigenvalue weighted by atomic mass is 10.0.